The topological polar surface area (TPSA) is 77.3 Å². The minimum Gasteiger partial charge on any atom is -0.237 e. The minimum atomic E-state index is 0.962. The van der Waals surface area contributed by atoms with E-state index in [0.29, 0.717) is 0 Å². The van der Waals surface area contributed by atoms with Crippen molar-refractivity contribution in [3.63, 3.8) is 0 Å². The third-order valence-electron chi connectivity index (χ3n) is 21.4. The molecule has 0 amide bonds. The first-order valence-corrected chi connectivity index (χ1v) is 49.5. The zero-order valence-electron chi connectivity index (χ0n) is 69.4. The summed E-state index contributed by atoms with van der Waals surface area (Å²) >= 11 is 17.6. The van der Waals surface area contributed by atoms with Crippen molar-refractivity contribution in [1.82, 2.24) is 29.9 Å². The molecule has 0 aliphatic carbocycles. The van der Waals surface area contributed by atoms with Gasteiger partial charge in [0.25, 0.3) is 0 Å². The maximum absolute atomic E-state index is 4.89. The van der Waals surface area contributed by atoms with Crippen molar-refractivity contribution in [3.8, 4) is 0 Å². The van der Waals surface area contributed by atoms with E-state index >= 15 is 0 Å². The summed E-state index contributed by atoms with van der Waals surface area (Å²) in [6.45, 7) is 12.7. The van der Waals surface area contributed by atoms with E-state index < -0.39 is 0 Å². The number of benzene rings is 12. The molecule has 608 valence electrons. The number of rotatable bonds is 18. The van der Waals surface area contributed by atoms with Gasteiger partial charge in [-0.3, -0.25) is 0 Å². The third kappa shape index (κ3) is 19.8. The van der Waals surface area contributed by atoms with E-state index in [1.807, 2.05) is 45.3 Å². The summed E-state index contributed by atoms with van der Waals surface area (Å²) < 4.78 is 12.3. The van der Waals surface area contributed by atoms with Crippen LogP contribution in [0.1, 0.15) is 127 Å². The Labute approximate surface area is 770 Å². The smallest absolute Gasteiger partial charge is 0.117 e. The van der Waals surface area contributed by atoms with E-state index in [4.69, 9.17) is 29.9 Å². The van der Waals surface area contributed by atoms with Gasteiger partial charge in [-0.05, 0) is 265 Å². The van der Waals surface area contributed by atoms with Gasteiger partial charge in [-0.15, -0.1) is 113 Å². The number of hydrogen-bond donors (Lipinski definition) is 0. The van der Waals surface area contributed by atoms with Gasteiger partial charge in [0.05, 0.1) is 61.3 Å². The standard InChI is InChI=1S/C40H28S4.C36H24N4S4.C34H26N2S2/c1-25-3-7-27(8-4-25)11-13-33-17-29-21-39-31(23-37(29)41-33)19-35(43-39)15-16-36-20-32-24-38-30(22-40(32)44-36)18-34(42-38)14-12-28-9-5-26(2)6-10-28;1-21-3-7-23(8-4-21)11-13-33-37-25-17-31-27(19-29(25)41-33)39-35(43-31)15-16-36-40-28-20-30-26(18-32(28)44-36)38-34(42-30)14-12-24-9-5-22(2)6-10-24;1-23-3-7-25(8-4-23)11-13-27-15-17-29-31(21-27)37-33(35-29)19-20-34-36-30-18-16-28(22-32(30)38-34)14-12-26-9-5-24(2)6-10-26/h3-24H,1-2H3;3-20H,1-2H3;3-22H,1-2H3/b2*13-11+,14-12+,16-15+;13-11+,14-12+,20-19+. The molecule has 0 atom stereocenters. The lowest BCUT2D eigenvalue weighted by atomic mass is 10.1. The predicted molar refractivity (Wildman–Crippen MR) is 567 cm³/mol. The molecule has 0 spiro atoms. The Bertz CT molecular complexity index is 7090. The van der Waals surface area contributed by atoms with Gasteiger partial charge in [-0.2, -0.15) is 0 Å². The molecule has 0 bridgehead atoms. The minimum absolute atomic E-state index is 0.962. The highest BCUT2D eigenvalue weighted by Gasteiger charge is 2.15. The second-order valence-electron chi connectivity index (χ2n) is 31.3. The molecule has 0 radical (unpaired) electrons. The lowest BCUT2D eigenvalue weighted by Crippen LogP contribution is -1.75. The second-order valence-corrected chi connectivity index (χ2v) is 42.1. The fourth-order valence-corrected chi connectivity index (χ4v) is 23.8. The molecule has 0 N–H and O–H groups in total. The summed E-state index contributed by atoms with van der Waals surface area (Å²) in [4.78, 5) is 34.2. The van der Waals surface area contributed by atoms with Crippen molar-refractivity contribution in [2.75, 3.05) is 0 Å². The molecule has 0 saturated heterocycles. The van der Waals surface area contributed by atoms with E-state index in [1.54, 1.807) is 68.0 Å². The Morgan fingerprint density at radius 2 is 0.333 bits per heavy atom. The number of hydrogen-bond acceptors (Lipinski definition) is 16. The molecular weight excluding hydrogens is 1730 g/mol. The summed E-state index contributed by atoms with van der Waals surface area (Å²) in [5, 5.41) is 11.2. The molecule has 22 aromatic rings. The first-order chi connectivity index (χ1) is 61.6. The van der Waals surface area contributed by atoms with E-state index in [9.17, 15) is 0 Å². The van der Waals surface area contributed by atoms with Gasteiger partial charge >= 0.3 is 0 Å². The van der Waals surface area contributed by atoms with Crippen LogP contribution in [-0.2, 0) is 0 Å². The predicted octanol–water partition coefficient (Wildman–Crippen LogP) is 35.0. The Hall–Kier alpha value is -12.5. The highest BCUT2D eigenvalue weighted by atomic mass is 32.1. The van der Waals surface area contributed by atoms with Gasteiger partial charge in [0, 0.05) is 38.3 Å². The lowest BCUT2D eigenvalue weighted by Gasteiger charge is -1.96. The molecule has 12 aromatic carbocycles. The first kappa shape index (κ1) is 81.8. The van der Waals surface area contributed by atoms with E-state index in [0.717, 1.165) is 81.9 Å². The van der Waals surface area contributed by atoms with Crippen LogP contribution in [0, 0.1) is 41.5 Å². The van der Waals surface area contributed by atoms with Crippen LogP contribution in [0.2, 0.25) is 0 Å². The molecule has 10 heterocycles. The Balaban J connectivity index is 0.000000120. The zero-order chi connectivity index (χ0) is 85.1. The third-order valence-corrected chi connectivity index (χ3v) is 31.5. The van der Waals surface area contributed by atoms with Crippen molar-refractivity contribution in [2.45, 2.75) is 41.5 Å². The quantitative estimate of drug-likeness (QED) is 0.0797. The van der Waals surface area contributed by atoms with Crippen molar-refractivity contribution < 1.29 is 0 Å². The van der Waals surface area contributed by atoms with Gasteiger partial charge in [0.15, 0.2) is 0 Å². The fourth-order valence-electron chi connectivity index (χ4n) is 14.5. The number of thiophene rings is 4. The number of nitrogens with zero attached hydrogens (tertiary/aromatic N) is 6. The molecule has 0 saturated carbocycles. The number of aryl methyl sites for hydroxylation is 6. The SMILES string of the molecule is Cc1ccc(/C=C/c2cc3cc4sc(/C=C/c5cc6cc7sc(/C=C/c8ccc(C)cc8)cc7cc6s5)cc4cc3s2)cc1.Cc1ccc(/C=C/c2ccc3nc(/C=C/c4nc5ccc(/C=C/c6ccc(C)cc6)cc5s4)sc3c2)cc1.Cc1ccc(/C=C/c2nc3cc4sc(/C=C/c5nc6cc7sc(/C=C/c8ccc(C)cc8)nc7cc6s5)nc4cc3s2)cc1. The summed E-state index contributed by atoms with van der Waals surface area (Å²) in [7, 11) is 0. The second kappa shape index (κ2) is 36.6. The van der Waals surface area contributed by atoms with E-state index in [-0.39, 0.29) is 0 Å². The normalized spacial score (nSPS) is 12.4. The summed E-state index contributed by atoms with van der Waals surface area (Å²) in [5.74, 6) is 0. The van der Waals surface area contributed by atoms with Crippen molar-refractivity contribution in [1.29, 1.82) is 0 Å². The zero-order valence-corrected chi connectivity index (χ0v) is 77.6. The Morgan fingerprint density at radius 3 is 0.579 bits per heavy atom. The molecule has 0 aliphatic rings. The van der Waals surface area contributed by atoms with Crippen LogP contribution in [0.3, 0.4) is 0 Å². The molecule has 10 aromatic heterocycles. The first-order valence-electron chi connectivity index (χ1n) is 41.3. The Kier molecular flexibility index (Phi) is 23.7. The largest absolute Gasteiger partial charge is 0.237 e. The molecule has 16 heteroatoms. The molecule has 0 fully saturated rings. The van der Waals surface area contributed by atoms with Gasteiger partial charge in [-0.25, -0.2) is 29.9 Å². The van der Waals surface area contributed by atoms with Crippen molar-refractivity contribution in [3.05, 3.63) is 382 Å². The van der Waals surface area contributed by atoms with E-state index in [2.05, 4.69) is 406 Å². The number of thiazole rings is 6. The van der Waals surface area contributed by atoms with Crippen LogP contribution in [0.25, 0.3) is 211 Å². The van der Waals surface area contributed by atoms with Gasteiger partial charge in [0.1, 0.15) is 30.0 Å². The fraction of sp³-hybridized carbons (Fsp3) is 0.0545. The molecule has 6 nitrogen and oxygen atoms in total. The molecular formula is C110H78N6S10. The highest BCUT2D eigenvalue weighted by Crippen LogP contribution is 2.41. The molecule has 126 heavy (non-hydrogen) atoms. The number of fused-ring (bicyclic) bond motifs is 10. The average molecular weight is 1800 g/mol. The van der Waals surface area contributed by atoms with Gasteiger partial charge in [0.2, 0.25) is 0 Å². The van der Waals surface area contributed by atoms with Gasteiger partial charge < -0.3 is 0 Å². The highest BCUT2D eigenvalue weighted by molar-refractivity contribution is 7.24. The maximum Gasteiger partial charge on any atom is 0.117 e. The monoisotopic (exact) mass is 1800 g/mol. The maximum atomic E-state index is 4.89. The summed E-state index contributed by atoms with van der Waals surface area (Å²) in [5.41, 5.74) is 23.3. The van der Waals surface area contributed by atoms with Crippen LogP contribution < -0.4 is 0 Å². The van der Waals surface area contributed by atoms with Gasteiger partial charge in [-0.1, -0.05) is 240 Å². The van der Waals surface area contributed by atoms with Crippen molar-refractivity contribution >= 4 is 324 Å². The molecule has 22 rings (SSSR count). The lowest BCUT2D eigenvalue weighted by molar-refractivity contribution is 1.45. The van der Waals surface area contributed by atoms with Crippen LogP contribution in [-0.4, -0.2) is 29.9 Å². The summed E-state index contributed by atoms with van der Waals surface area (Å²) in [6, 6.07) is 91.6. The molecule has 0 unspecified atom stereocenters. The van der Waals surface area contributed by atoms with Crippen LogP contribution in [0.15, 0.2) is 255 Å². The average Bonchev–Trinajstić information content (AvgIpc) is 1.65. The van der Waals surface area contributed by atoms with Crippen LogP contribution >= 0.6 is 113 Å². The Morgan fingerprint density at radius 1 is 0.151 bits per heavy atom. The van der Waals surface area contributed by atoms with E-state index in [1.165, 1.54) is 147 Å². The van der Waals surface area contributed by atoms with Crippen molar-refractivity contribution in [2.24, 2.45) is 0 Å². The van der Waals surface area contributed by atoms with Crippen LogP contribution in [0.4, 0.5) is 0 Å². The molecule has 0 aliphatic heterocycles. The number of aromatic nitrogens is 6. The summed E-state index contributed by atoms with van der Waals surface area (Å²) in [6.07, 6.45) is 38.7. The van der Waals surface area contributed by atoms with Crippen LogP contribution in [0.5, 0.6) is 0 Å².